The van der Waals surface area contributed by atoms with Crippen LogP contribution in [-0.4, -0.2) is 56.1 Å². The molecule has 3 aromatic rings. The fraction of sp³-hybridized carbons (Fsp3) is 0.414. The maximum Gasteiger partial charge on any atom is 0.257 e. The van der Waals surface area contributed by atoms with Gasteiger partial charge in [-0.1, -0.05) is 30.3 Å². The summed E-state index contributed by atoms with van der Waals surface area (Å²) in [7, 11) is 5.13. The Morgan fingerprint density at radius 2 is 1.81 bits per heavy atom. The minimum Gasteiger partial charge on any atom is -0.493 e. The molecule has 4 rings (SSSR count). The van der Waals surface area contributed by atoms with Gasteiger partial charge in [-0.3, -0.25) is 9.69 Å². The third-order valence-corrected chi connectivity index (χ3v) is 7.35. The molecule has 1 fully saturated rings. The molecule has 1 atom stereocenters. The van der Waals surface area contributed by atoms with Crippen LogP contribution >= 0.6 is 0 Å². The highest BCUT2D eigenvalue weighted by atomic mass is 19.1. The van der Waals surface area contributed by atoms with E-state index in [1.807, 2.05) is 31.3 Å². The second-order valence-electron chi connectivity index (χ2n) is 9.44. The largest absolute Gasteiger partial charge is 0.493 e. The van der Waals surface area contributed by atoms with Gasteiger partial charge in [-0.25, -0.2) is 4.39 Å². The quantitative estimate of drug-likeness (QED) is 0.402. The molecule has 2 aromatic carbocycles. The molecule has 7 heteroatoms. The smallest absolute Gasteiger partial charge is 0.257 e. The van der Waals surface area contributed by atoms with E-state index < -0.39 is 0 Å². The van der Waals surface area contributed by atoms with Crippen LogP contribution in [0.3, 0.4) is 0 Å². The molecule has 1 aliphatic rings. The van der Waals surface area contributed by atoms with E-state index in [2.05, 4.69) is 11.0 Å². The first-order chi connectivity index (χ1) is 17.4. The number of ether oxygens (including phenoxy) is 2. The number of hydrogen-bond donors (Lipinski definition) is 0. The van der Waals surface area contributed by atoms with E-state index in [1.54, 1.807) is 38.2 Å². The number of likely N-dealkylation sites (N-methyl/N-ethyl adjacent to an activating group) is 1. The average molecular weight is 495 g/mol. The first kappa shape index (κ1) is 25.8. The number of nitrogens with zero attached hydrogens (tertiary/aromatic N) is 2. The summed E-state index contributed by atoms with van der Waals surface area (Å²) in [6, 6.07) is 14.4. The molecule has 0 radical (unpaired) electrons. The lowest BCUT2D eigenvalue weighted by Crippen LogP contribution is -2.47. The van der Waals surface area contributed by atoms with E-state index in [0.717, 1.165) is 49.5 Å². The van der Waals surface area contributed by atoms with E-state index in [9.17, 15) is 9.18 Å². The van der Waals surface area contributed by atoms with Gasteiger partial charge < -0.3 is 18.8 Å². The van der Waals surface area contributed by atoms with Gasteiger partial charge in [0.2, 0.25) is 0 Å². The van der Waals surface area contributed by atoms with Crippen molar-refractivity contribution >= 4 is 5.91 Å². The zero-order valence-corrected chi connectivity index (χ0v) is 21.5. The van der Waals surface area contributed by atoms with E-state index in [1.165, 1.54) is 12.3 Å². The lowest BCUT2D eigenvalue weighted by atomic mass is 9.84. The van der Waals surface area contributed by atoms with Crippen molar-refractivity contribution in [1.82, 2.24) is 9.80 Å². The first-order valence-corrected chi connectivity index (χ1v) is 12.4. The Kier molecular flexibility index (Phi) is 8.31. The number of para-hydroxylation sites is 1. The highest BCUT2D eigenvalue weighted by molar-refractivity contribution is 5.95. The molecular weight excluding hydrogens is 459 g/mol. The summed E-state index contributed by atoms with van der Waals surface area (Å²) in [6.07, 6.45) is 3.83. The van der Waals surface area contributed by atoms with Crippen molar-refractivity contribution in [3.63, 3.8) is 0 Å². The molecule has 0 N–H and O–H groups in total. The molecule has 0 spiro atoms. The number of benzene rings is 2. The van der Waals surface area contributed by atoms with Gasteiger partial charge in [0, 0.05) is 25.2 Å². The van der Waals surface area contributed by atoms with Gasteiger partial charge in [-0.15, -0.1) is 0 Å². The monoisotopic (exact) mass is 494 g/mol. The van der Waals surface area contributed by atoms with Crippen LogP contribution in [0.15, 0.2) is 59.2 Å². The average Bonchev–Trinajstić information content (AvgIpc) is 3.33. The van der Waals surface area contributed by atoms with Crippen molar-refractivity contribution in [2.45, 2.75) is 38.8 Å². The molecule has 2 heterocycles. The van der Waals surface area contributed by atoms with E-state index in [4.69, 9.17) is 13.9 Å². The molecule has 192 valence electrons. The minimum atomic E-state index is -0.231. The lowest BCUT2D eigenvalue weighted by molar-refractivity contribution is 0.0581. The Labute approximate surface area is 212 Å². The fourth-order valence-electron chi connectivity index (χ4n) is 5.27. The van der Waals surface area contributed by atoms with Crippen LogP contribution in [0.5, 0.6) is 11.5 Å². The highest BCUT2D eigenvalue weighted by Gasteiger charge is 2.33. The fourth-order valence-corrected chi connectivity index (χ4v) is 5.27. The Balaban J connectivity index is 1.50. The highest BCUT2D eigenvalue weighted by Crippen LogP contribution is 2.33. The van der Waals surface area contributed by atoms with Gasteiger partial charge in [-0.05, 0) is 69.0 Å². The number of carbonyl (C=O) groups excluding carboxylic acids is 1. The Hall–Kier alpha value is -3.32. The number of rotatable bonds is 9. The molecule has 6 nitrogen and oxygen atoms in total. The molecule has 0 saturated carbocycles. The number of piperidine rings is 1. The van der Waals surface area contributed by atoms with Crippen LogP contribution in [0.1, 0.15) is 40.1 Å². The first-order valence-electron chi connectivity index (χ1n) is 12.4. The summed E-state index contributed by atoms with van der Waals surface area (Å²) in [5, 5.41) is 0. The minimum absolute atomic E-state index is 0.0915. The SMILES string of the molecule is COc1cccc(CN2CCC(C(Cc3ccccc3F)N(C)C(=O)c3ccoc3C)CC2)c1OC. The summed E-state index contributed by atoms with van der Waals surface area (Å²) < 4.78 is 31.0. The van der Waals surface area contributed by atoms with E-state index >= 15 is 0 Å². The van der Waals surface area contributed by atoms with Crippen LogP contribution < -0.4 is 9.47 Å². The van der Waals surface area contributed by atoms with Crippen molar-refractivity contribution in [2.24, 2.45) is 5.92 Å². The zero-order chi connectivity index (χ0) is 25.7. The van der Waals surface area contributed by atoms with Crippen LogP contribution in [0.4, 0.5) is 4.39 Å². The molecule has 0 bridgehead atoms. The second kappa shape index (κ2) is 11.6. The molecule has 36 heavy (non-hydrogen) atoms. The van der Waals surface area contributed by atoms with Gasteiger partial charge in [0.15, 0.2) is 11.5 Å². The van der Waals surface area contributed by atoms with E-state index in [0.29, 0.717) is 23.3 Å². The number of amides is 1. The van der Waals surface area contributed by atoms with Crippen LogP contribution in [0.2, 0.25) is 0 Å². The molecule has 1 aromatic heterocycles. The third-order valence-electron chi connectivity index (χ3n) is 7.35. The summed E-state index contributed by atoms with van der Waals surface area (Å²) in [5.41, 5.74) is 2.27. The number of carbonyl (C=O) groups is 1. The van der Waals surface area contributed by atoms with Crippen molar-refractivity contribution in [1.29, 1.82) is 0 Å². The lowest BCUT2D eigenvalue weighted by Gasteiger charge is -2.40. The maximum absolute atomic E-state index is 14.6. The van der Waals surface area contributed by atoms with Gasteiger partial charge >= 0.3 is 0 Å². The van der Waals surface area contributed by atoms with Crippen molar-refractivity contribution < 1.29 is 23.1 Å². The summed E-state index contributed by atoms with van der Waals surface area (Å²) in [5.74, 6) is 2.01. The van der Waals surface area contributed by atoms with E-state index in [-0.39, 0.29) is 23.7 Å². The van der Waals surface area contributed by atoms with Gasteiger partial charge in [0.05, 0.1) is 26.0 Å². The number of methoxy groups -OCH3 is 2. The van der Waals surface area contributed by atoms with Crippen LogP contribution in [0, 0.1) is 18.7 Å². The van der Waals surface area contributed by atoms with Crippen LogP contribution in [0.25, 0.3) is 0 Å². The third kappa shape index (κ3) is 5.57. The van der Waals surface area contributed by atoms with Crippen molar-refractivity contribution in [3.8, 4) is 11.5 Å². The normalized spacial score (nSPS) is 15.5. The zero-order valence-electron chi connectivity index (χ0n) is 21.5. The number of aryl methyl sites for hydroxylation is 1. The molecule has 0 aliphatic carbocycles. The number of halogens is 1. The van der Waals surface area contributed by atoms with Gasteiger partial charge in [-0.2, -0.15) is 0 Å². The molecular formula is C29H35FN2O4. The predicted molar refractivity (Wildman–Crippen MR) is 137 cm³/mol. The van der Waals surface area contributed by atoms with Crippen molar-refractivity contribution in [2.75, 3.05) is 34.4 Å². The summed E-state index contributed by atoms with van der Waals surface area (Å²) in [4.78, 5) is 17.5. The number of hydrogen-bond acceptors (Lipinski definition) is 5. The molecule has 1 unspecified atom stereocenters. The molecule has 1 amide bonds. The van der Waals surface area contributed by atoms with Gasteiger partial charge in [0.1, 0.15) is 11.6 Å². The second-order valence-corrected chi connectivity index (χ2v) is 9.44. The number of likely N-dealkylation sites (tertiary alicyclic amines) is 1. The van der Waals surface area contributed by atoms with Crippen molar-refractivity contribution in [3.05, 3.63) is 83.1 Å². The summed E-state index contributed by atoms with van der Waals surface area (Å²) >= 11 is 0. The predicted octanol–water partition coefficient (Wildman–Crippen LogP) is 5.34. The Morgan fingerprint density at radius 1 is 1.08 bits per heavy atom. The standard InChI is InChI=1S/C29H35FN2O4/c1-20-24(14-17-36-20)29(33)31(2)26(18-22-8-5-6-10-25(22)30)21-12-15-32(16-13-21)19-23-9-7-11-27(34-3)28(23)35-4/h5-11,14,17,21,26H,12-13,15-16,18-19H2,1-4H3. The molecule has 1 saturated heterocycles. The molecule has 1 aliphatic heterocycles. The Morgan fingerprint density at radius 3 is 2.44 bits per heavy atom. The summed E-state index contributed by atoms with van der Waals surface area (Å²) in [6.45, 7) is 4.31. The number of furan rings is 1. The van der Waals surface area contributed by atoms with Gasteiger partial charge in [0.25, 0.3) is 5.91 Å². The Bertz CT molecular complexity index is 1170. The maximum atomic E-state index is 14.6. The topological polar surface area (TPSA) is 55.2 Å². The van der Waals surface area contributed by atoms with Crippen LogP contribution in [-0.2, 0) is 13.0 Å².